The average molecular weight is 406 g/mol. The lowest BCUT2D eigenvalue weighted by atomic mass is 9.94. The molecule has 0 aliphatic heterocycles. The van der Waals surface area contributed by atoms with Crippen molar-refractivity contribution in [2.45, 2.75) is 26.2 Å². The van der Waals surface area contributed by atoms with Gasteiger partial charge < -0.3 is 10.2 Å². The summed E-state index contributed by atoms with van der Waals surface area (Å²) in [5.74, 6) is -2.13. The van der Waals surface area contributed by atoms with Crippen LogP contribution in [0.25, 0.3) is 10.9 Å². The van der Waals surface area contributed by atoms with Gasteiger partial charge >= 0.3 is 5.97 Å². The van der Waals surface area contributed by atoms with Crippen LogP contribution in [0.5, 0.6) is 5.75 Å². The normalized spacial score (nSPS) is 12.3. The summed E-state index contributed by atoms with van der Waals surface area (Å²) >= 11 is 12.0. The fourth-order valence-corrected chi connectivity index (χ4v) is 3.69. The van der Waals surface area contributed by atoms with Crippen molar-refractivity contribution in [2.24, 2.45) is 0 Å². The lowest BCUT2D eigenvalue weighted by molar-refractivity contribution is -0.138. The Kier molecular flexibility index (Phi) is 5.18. The quantitative estimate of drug-likeness (QED) is 0.622. The number of aliphatic carboxylic acids is 1. The van der Waals surface area contributed by atoms with Crippen molar-refractivity contribution in [2.75, 3.05) is 0 Å². The number of fused-ring (bicyclic) bond motifs is 1. The Bertz CT molecular complexity index is 1070. The van der Waals surface area contributed by atoms with Gasteiger partial charge in [-0.15, -0.1) is 0 Å². The molecule has 2 aromatic carbocycles. The number of hydrogen-bond acceptors (Lipinski definition) is 3. The second-order valence-electron chi connectivity index (χ2n) is 6.27. The monoisotopic (exact) mass is 405 g/mol. The largest absolute Gasteiger partial charge is 0.508 e. The summed E-state index contributed by atoms with van der Waals surface area (Å²) < 4.78 is 1.45. The van der Waals surface area contributed by atoms with Gasteiger partial charge in [0.25, 0.3) is 5.91 Å². The van der Waals surface area contributed by atoms with E-state index in [9.17, 15) is 19.8 Å². The maximum absolute atomic E-state index is 13.2. The average Bonchev–Trinajstić information content (AvgIpc) is 2.89. The van der Waals surface area contributed by atoms with E-state index in [-0.39, 0.29) is 16.7 Å². The number of halogens is 2. The number of carboxylic acid groups (broad SMARTS) is 1. The van der Waals surface area contributed by atoms with Gasteiger partial charge in [0, 0.05) is 16.6 Å². The predicted octanol–water partition coefficient (Wildman–Crippen LogP) is 5.23. The number of rotatable bonds is 4. The lowest BCUT2D eigenvalue weighted by Gasteiger charge is -2.12. The van der Waals surface area contributed by atoms with Crippen LogP contribution in [0.4, 0.5) is 0 Å². The number of carbonyl (C=O) groups excluding carboxylic acids is 1. The zero-order chi connectivity index (χ0) is 19.9. The van der Waals surface area contributed by atoms with Gasteiger partial charge in [0.15, 0.2) is 0 Å². The van der Waals surface area contributed by atoms with Crippen LogP contribution in [-0.2, 0) is 4.79 Å². The number of hydrogen-bond donors (Lipinski definition) is 2. The van der Waals surface area contributed by atoms with Gasteiger partial charge in [0.2, 0.25) is 0 Å². The summed E-state index contributed by atoms with van der Waals surface area (Å²) in [6, 6.07) is 9.14. The van der Waals surface area contributed by atoms with E-state index in [1.807, 2.05) is 0 Å². The molecule has 0 aliphatic rings. The highest BCUT2D eigenvalue weighted by Crippen LogP contribution is 2.36. The number of aromatic nitrogens is 1. The van der Waals surface area contributed by atoms with Crippen LogP contribution in [0.1, 0.15) is 40.9 Å². The second-order valence-corrected chi connectivity index (χ2v) is 7.08. The molecule has 140 valence electrons. The maximum Gasteiger partial charge on any atom is 0.311 e. The van der Waals surface area contributed by atoms with Gasteiger partial charge in [-0.2, -0.15) is 0 Å². The molecule has 3 aromatic rings. The second kappa shape index (κ2) is 7.25. The molecular weight excluding hydrogens is 389 g/mol. The highest BCUT2D eigenvalue weighted by Gasteiger charge is 2.28. The van der Waals surface area contributed by atoms with Crippen molar-refractivity contribution in [1.29, 1.82) is 0 Å². The highest BCUT2D eigenvalue weighted by atomic mass is 35.5. The van der Waals surface area contributed by atoms with Crippen LogP contribution in [0, 0.1) is 6.92 Å². The minimum absolute atomic E-state index is 0.00290. The molecule has 5 nitrogen and oxygen atoms in total. The van der Waals surface area contributed by atoms with Gasteiger partial charge in [-0.1, -0.05) is 30.1 Å². The zero-order valence-electron chi connectivity index (χ0n) is 14.7. The van der Waals surface area contributed by atoms with E-state index < -0.39 is 11.9 Å². The van der Waals surface area contributed by atoms with Crippen molar-refractivity contribution in [1.82, 2.24) is 4.57 Å². The molecule has 1 atom stereocenters. The number of nitrogens with zero attached hydrogens (tertiary/aromatic N) is 1. The molecule has 0 aliphatic carbocycles. The Balaban J connectivity index is 2.30. The molecule has 0 amide bonds. The molecule has 0 saturated heterocycles. The van der Waals surface area contributed by atoms with Gasteiger partial charge in [-0.3, -0.25) is 14.2 Å². The topological polar surface area (TPSA) is 79.5 Å². The standard InChI is InChI=1S/C20H17Cl2NO4/c1-3-13(20(26)27)18-10(2)23(17-7-5-12(24)9-14(17)18)19(25)11-4-6-15(21)16(22)8-11/h4-9,13,24H,3H2,1-2H3,(H,26,27)/t13-/m0/s1. The molecule has 0 spiro atoms. The van der Waals surface area contributed by atoms with E-state index in [0.29, 0.717) is 39.2 Å². The minimum Gasteiger partial charge on any atom is -0.508 e. The van der Waals surface area contributed by atoms with Crippen molar-refractivity contribution in [3.8, 4) is 5.75 Å². The molecule has 0 radical (unpaired) electrons. The van der Waals surface area contributed by atoms with E-state index in [1.54, 1.807) is 26.0 Å². The first-order valence-electron chi connectivity index (χ1n) is 8.32. The maximum atomic E-state index is 13.2. The molecule has 1 heterocycles. The number of aromatic hydroxyl groups is 1. The molecule has 0 bridgehead atoms. The van der Waals surface area contributed by atoms with Crippen LogP contribution in [-0.4, -0.2) is 26.7 Å². The van der Waals surface area contributed by atoms with Crippen LogP contribution >= 0.6 is 23.2 Å². The molecule has 0 saturated carbocycles. The Morgan fingerprint density at radius 2 is 1.81 bits per heavy atom. The summed E-state index contributed by atoms with van der Waals surface area (Å²) in [7, 11) is 0. The molecule has 27 heavy (non-hydrogen) atoms. The van der Waals surface area contributed by atoms with Crippen LogP contribution < -0.4 is 0 Å². The third kappa shape index (κ3) is 3.29. The molecule has 1 aromatic heterocycles. The first-order valence-corrected chi connectivity index (χ1v) is 9.08. The Labute approximate surface area is 165 Å². The first-order chi connectivity index (χ1) is 12.8. The summed E-state index contributed by atoms with van der Waals surface area (Å²) in [5.41, 5.74) is 1.88. The number of carbonyl (C=O) groups is 2. The van der Waals surface area contributed by atoms with Crippen molar-refractivity contribution >= 4 is 46.0 Å². The van der Waals surface area contributed by atoms with Gasteiger partial charge in [-0.05, 0) is 55.3 Å². The predicted molar refractivity (Wildman–Crippen MR) is 105 cm³/mol. The molecule has 0 unspecified atom stereocenters. The van der Waals surface area contributed by atoms with Crippen LogP contribution in [0.3, 0.4) is 0 Å². The minimum atomic E-state index is -0.982. The van der Waals surface area contributed by atoms with Gasteiger partial charge in [0.05, 0.1) is 21.5 Å². The smallest absolute Gasteiger partial charge is 0.311 e. The van der Waals surface area contributed by atoms with Gasteiger partial charge in [-0.25, -0.2) is 0 Å². The fourth-order valence-electron chi connectivity index (χ4n) is 3.39. The van der Waals surface area contributed by atoms with E-state index >= 15 is 0 Å². The van der Waals surface area contributed by atoms with Crippen molar-refractivity contribution < 1.29 is 19.8 Å². The van der Waals surface area contributed by atoms with Crippen LogP contribution in [0.2, 0.25) is 10.0 Å². The van der Waals surface area contributed by atoms with Crippen molar-refractivity contribution in [3.63, 3.8) is 0 Å². The molecule has 7 heteroatoms. The zero-order valence-corrected chi connectivity index (χ0v) is 16.2. The fraction of sp³-hybridized carbons (Fsp3) is 0.200. The third-order valence-corrected chi connectivity index (χ3v) is 5.40. The SMILES string of the molecule is CC[C@H](C(=O)O)c1c(C)n(C(=O)c2ccc(Cl)c(Cl)c2)c2ccc(O)cc12. The van der Waals surface area contributed by atoms with E-state index in [2.05, 4.69) is 0 Å². The number of phenols is 1. The van der Waals surface area contributed by atoms with Crippen molar-refractivity contribution in [3.05, 3.63) is 63.3 Å². The Morgan fingerprint density at radius 1 is 1.11 bits per heavy atom. The highest BCUT2D eigenvalue weighted by molar-refractivity contribution is 6.42. The molecule has 0 fully saturated rings. The number of phenolic OH excluding ortho intramolecular Hbond substituents is 1. The summed E-state index contributed by atoms with van der Waals surface area (Å²) in [6.45, 7) is 3.47. The number of carboxylic acids is 1. The van der Waals surface area contributed by atoms with E-state index in [1.165, 1.54) is 28.8 Å². The Morgan fingerprint density at radius 3 is 2.41 bits per heavy atom. The van der Waals surface area contributed by atoms with E-state index in [4.69, 9.17) is 23.2 Å². The Hall–Kier alpha value is -2.50. The molecular formula is C20H17Cl2NO4. The summed E-state index contributed by atoms with van der Waals surface area (Å²) in [4.78, 5) is 24.9. The number of benzene rings is 2. The lowest BCUT2D eigenvalue weighted by Crippen LogP contribution is -2.16. The van der Waals surface area contributed by atoms with Crippen LogP contribution in [0.15, 0.2) is 36.4 Å². The molecule has 2 N–H and O–H groups in total. The molecule has 3 rings (SSSR count). The first kappa shape index (κ1) is 19.3. The summed E-state index contributed by atoms with van der Waals surface area (Å²) in [6.07, 6.45) is 0.353. The summed E-state index contributed by atoms with van der Waals surface area (Å²) in [5, 5.41) is 20.7. The third-order valence-electron chi connectivity index (χ3n) is 4.66. The van der Waals surface area contributed by atoms with E-state index in [0.717, 1.165) is 0 Å². The van der Waals surface area contributed by atoms with Gasteiger partial charge in [0.1, 0.15) is 5.75 Å².